The summed E-state index contributed by atoms with van der Waals surface area (Å²) >= 11 is 0. The molecule has 0 radical (unpaired) electrons. The molecule has 4 atom stereocenters. The van der Waals surface area contributed by atoms with E-state index in [1.54, 1.807) is 19.5 Å². The number of aryl methyl sites for hydroxylation is 1. The summed E-state index contributed by atoms with van der Waals surface area (Å²) in [5.74, 6) is 0.994. The summed E-state index contributed by atoms with van der Waals surface area (Å²) in [5, 5.41) is 8.87. The normalized spacial score (nSPS) is 25.8. The third kappa shape index (κ3) is 4.65. The first-order valence-electron chi connectivity index (χ1n) is 11.4. The van der Waals surface area contributed by atoms with Gasteiger partial charge in [-0.1, -0.05) is 19.1 Å². The van der Waals surface area contributed by atoms with Crippen LogP contribution in [0.3, 0.4) is 0 Å². The van der Waals surface area contributed by atoms with Gasteiger partial charge in [0.05, 0.1) is 29.6 Å². The van der Waals surface area contributed by atoms with Crippen molar-refractivity contribution in [1.82, 2.24) is 29.8 Å². The summed E-state index contributed by atoms with van der Waals surface area (Å²) in [4.78, 5) is 21.5. The maximum absolute atomic E-state index is 13.0. The van der Waals surface area contributed by atoms with Gasteiger partial charge in [0.25, 0.3) is 5.91 Å². The van der Waals surface area contributed by atoms with Crippen LogP contribution in [-0.4, -0.2) is 75.1 Å². The number of nitrogens with zero attached hydrogens (tertiary/aromatic N) is 6. The number of hydrogen-bond donors (Lipinski definition) is 0. The van der Waals surface area contributed by atoms with Gasteiger partial charge in [-0.3, -0.25) is 14.7 Å². The molecule has 0 N–H and O–H groups in total. The topological polar surface area (TPSA) is 76.4 Å². The van der Waals surface area contributed by atoms with Crippen molar-refractivity contribution >= 4 is 5.91 Å². The van der Waals surface area contributed by atoms with Crippen LogP contribution in [0.5, 0.6) is 0 Å². The predicted octanol–water partition coefficient (Wildman–Crippen LogP) is 2.56. The van der Waals surface area contributed by atoms with Crippen molar-refractivity contribution in [3.8, 4) is 0 Å². The lowest BCUT2D eigenvalue weighted by molar-refractivity contribution is -0.00547. The first-order chi connectivity index (χ1) is 15.0. The number of amides is 1. The van der Waals surface area contributed by atoms with Gasteiger partial charge in [0, 0.05) is 39.1 Å². The van der Waals surface area contributed by atoms with Crippen LogP contribution in [0.4, 0.5) is 0 Å². The van der Waals surface area contributed by atoms with E-state index in [0.29, 0.717) is 17.4 Å². The average Bonchev–Trinajstić information content (AvgIpc) is 3.42. The van der Waals surface area contributed by atoms with Gasteiger partial charge in [-0.15, -0.1) is 5.10 Å². The number of carbonyl (C=O) groups is 1. The number of fused-ring (bicyclic) bond motifs is 1. The molecular formula is C23H34N6O2. The van der Waals surface area contributed by atoms with E-state index in [4.69, 9.17) is 4.74 Å². The SMILES string of the molecule is CCN(CC)Cc1cn([C@@H]2C[C@@H]3CN(C(=O)c4cncc(C)c4)C[C@@H]3C[C@H]2OC)nn1. The van der Waals surface area contributed by atoms with Crippen molar-refractivity contribution in [1.29, 1.82) is 0 Å². The van der Waals surface area contributed by atoms with Crippen LogP contribution < -0.4 is 0 Å². The van der Waals surface area contributed by atoms with Gasteiger partial charge < -0.3 is 9.64 Å². The molecule has 2 aliphatic rings. The number of ether oxygens (including phenoxy) is 1. The average molecular weight is 427 g/mol. The second-order valence-electron chi connectivity index (χ2n) is 8.95. The fourth-order valence-electron chi connectivity index (χ4n) is 5.17. The minimum absolute atomic E-state index is 0.0818. The molecule has 2 aromatic heterocycles. The maximum atomic E-state index is 13.0. The van der Waals surface area contributed by atoms with Gasteiger partial charge >= 0.3 is 0 Å². The summed E-state index contributed by atoms with van der Waals surface area (Å²) in [6, 6.07) is 2.07. The molecule has 8 heteroatoms. The second-order valence-corrected chi connectivity index (χ2v) is 8.95. The quantitative estimate of drug-likeness (QED) is 0.677. The van der Waals surface area contributed by atoms with Gasteiger partial charge in [-0.05, 0) is 56.3 Å². The number of aromatic nitrogens is 4. The van der Waals surface area contributed by atoms with E-state index in [-0.39, 0.29) is 18.1 Å². The molecule has 1 amide bonds. The van der Waals surface area contributed by atoms with Crippen LogP contribution >= 0.6 is 0 Å². The lowest BCUT2D eigenvalue weighted by atomic mass is 9.77. The first kappa shape index (κ1) is 21.9. The molecule has 1 aliphatic carbocycles. The van der Waals surface area contributed by atoms with E-state index >= 15 is 0 Å². The molecule has 1 saturated carbocycles. The Hall–Kier alpha value is -2.32. The van der Waals surface area contributed by atoms with Crippen LogP contribution in [0.25, 0.3) is 0 Å². The smallest absolute Gasteiger partial charge is 0.255 e. The molecule has 31 heavy (non-hydrogen) atoms. The second kappa shape index (κ2) is 9.44. The monoisotopic (exact) mass is 426 g/mol. The molecule has 0 spiro atoms. The minimum atomic E-state index is 0.0818. The van der Waals surface area contributed by atoms with Crippen molar-refractivity contribution in [2.24, 2.45) is 11.8 Å². The van der Waals surface area contributed by atoms with E-state index in [1.165, 1.54) is 0 Å². The lowest BCUT2D eigenvalue weighted by Gasteiger charge is -2.36. The molecule has 168 valence electrons. The van der Waals surface area contributed by atoms with Crippen molar-refractivity contribution < 1.29 is 9.53 Å². The molecule has 8 nitrogen and oxygen atoms in total. The number of rotatable bonds is 7. The lowest BCUT2D eigenvalue weighted by Crippen LogP contribution is -2.37. The standard InChI is InChI=1S/C23H34N6O2/c1-5-27(6-2)14-20-15-29(26-25-20)21-8-18-12-28(13-19(18)9-22(21)31-4)23(30)17-7-16(3)10-24-11-17/h7,10-11,15,18-19,21-22H,5-6,8-9,12-14H2,1-4H3/t18-,19+,21-,22-/m1/s1. The van der Waals surface area contributed by atoms with Crippen LogP contribution in [0.2, 0.25) is 0 Å². The third-order valence-electron chi connectivity index (χ3n) is 6.97. The highest BCUT2D eigenvalue weighted by molar-refractivity contribution is 5.94. The minimum Gasteiger partial charge on any atom is -0.379 e. The predicted molar refractivity (Wildman–Crippen MR) is 118 cm³/mol. The first-order valence-corrected chi connectivity index (χ1v) is 11.4. The molecule has 1 aliphatic heterocycles. The molecule has 0 bridgehead atoms. The largest absolute Gasteiger partial charge is 0.379 e. The number of carbonyl (C=O) groups excluding carboxylic acids is 1. The van der Waals surface area contributed by atoms with Crippen molar-refractivity contribution in [2.75, 3.05) is 33.3 Å². The molecule has 3 heterocycles. The fourth-order valence-corrected chi connectivity index (χ4v) is 5.17. The molecule has 1 saturated heterocycles. The van der Waals surface area contributed by atoms with E-state index in [2.05, 4.69) is 40.2 Å². The van der Waals surface area contributed by atoms with Crippen LogP contribution in [0.1, 0.15) is 54.3 Å². The number of likely N-dealkylation sites (tertiary alicyclic amines) is 1. The number of methoxy groups -OCH3 is 1. The highest BCUT2D eigenvalue weighted by Gasteiger charge is 2.44. The summed E-state index contributed by atoms with van der Waals surface area (Å²) in [6.07, 6.45) is 7.50. The Morgan fingerprint density at radius 2 is 1.94 bits per heavy atom. The van der Waals surface area contributed by atoms with Gasteiger partial charge in [0.2, 0.25) is 0 Å². The Balaban J connectivity index is 1.45. The van der Waals surface area contributed by atoms with Crippen LogP contribution in [0.15, 0.2) is 24.7 Å². The highest BCUT2D eigenvalue weighted by Crippen LogP contribution is 2.42. The molecule has 0 aromatic carbocycles. The van der Waals surface area contributed by atoms with Gasteiger partial charge in [0.1, 0.15) is 0 Å². The highest BCUT2D eigenvalue weighted by atomic mass is 16.5. The summed E-state index contributed by atoms with van der Waals surface area (Å²) in [6.45, 7) is 10.7. The summed E-state index contributed by atoms with van der Waals surface area (Å²) < 4.78 is 7.88. The Bertz CT molecular complexity index is 896. The number of pyridine rings is 1. The van der Waals surface area contributed by atoms with E-state index in [0.717, 1.165) is 56.8 Å². The molecule has 4 rings (SSSR count). The van der Waals surface area contributed by atoms with Gasteiger partial charge in [-0.2, -0.15) is 0 Å². The zero-order valence-corrected chi connectivity index (χ0v) is 19.1. The number of hydrogen-bond acceptors (Lipinski definition) is 6. The third-order valence-corrected chi connectivity index (χ3v) is 6.97. The fraction of sp³-hybridized carbons (Fsp3) is 0.652. The Morgan fingerprint density at radius 1 is 1.19 bits per heavy atom. The Morgan fingerprint density at radius 3 is 2.61 bits per heavy atom. The van der Waals surface area contributed by atoms with Gasteiger partial charge in [0.15, 0.2) is 0 Å². The van der Waals surface area contributed by atoms with Crippen molar-refractivity contribution in [3.63, 3.8) is 0 Å². The van der Waals surface area contributed by atoms with E-state index < -0.39 is 0 Å². The summed E-state index contributed by atoms with van der Waals surface area (Å²) in [5.41, 5.74) is 2.68. The molecular weight excluding hydrogens is 392 g/mol. The van der Waals surface area contributed by atoms with Crippen molar-refractivity contribution in [2.45, 2.75) is 52.3 Å². The van der Waals surface area contributed by atoms with Crippen molar-refractivity contribution in [3.05, 3.63) is 41.5 Å². The maximum Gasteiger partial charge on any atom is 0.255 e. The van der Waals surface area contributed by atoms with E-state index in [1.807, 2.05) is 22.6 Å². The van der Waals surface area contributed by atoms with Crippen LogP contribution in [-0.2, 0) is 11.3 Å². The zero-order chi connectivity index (χ0) is 22.0. The Labute approximate surface area is 184 Å². The molecule has 2 aromatic rings. The molecule has 0 unspecified atom stereocenters. The van der Waals surface area contributed by atoms with Crippen LogP contribution in [0, 0.1) is 18.8 Å². The molecule has 2 fully saturated rings. The zero-order valence-electron chi connectivity index (χ0n) is 19.1. The van der Waals surface area contributed by atoms with Gasteiger partial charge in [-0.25, -0.2) is 4.68 Å². The summed E-state index contributed by atoms with van der Waals surface area (Å²) in [7, 11) is 1.78. The van der Waals surface area contributed by atoms with E-state index in [9.17, 15) is 4.79 Å². The Kier molecular flexibility index (Phi) is 6.67.